The van der Waals surface area contributed by atoms with E-state index in [1.807, 2.05) is 50.2 Å². The molecule has 0 spiro atoms. The quantitative estimate of drug-likeness (QED) is 0.708. The summed E-state index contributed by atoms with van der Waals surface area (Å²) in [7, 11) is 3.87. The van der Waals surface area contributed by atoms with Crippen LogP contribution in [0, 0.1) is 6.92 Å². The van der Waals surface area contributed by atoms with Crippen molar-refractivity contribution < 1.29 is 13.7 Å². The van der Waals surface area contributed by atoms with Gasteiger partial charge in [-0.1, -0.05) is 16.8 Å². The molecule has 1 N–H and O–H groups in total. The average Bonchev–Trinajstić information content (AvgIpc) is 3.25. The smallest absolute Gasteiger partial charge is 0.273 e. The van der Waals surface area contributed by atoms with Crippen LogP contribution < -0.4 is 5.32 Å². The van der Waals surface area contributed by atoms with Crippen LogP contribution in [0.3, 0.4) is 0 Å². The number of likely N-dealkylation sites (N-methyl/N-ethyl adjacent to an activating group) is 1. The number of aromatic nitrogens is 1. The van der Waals surface area contributed by atoms with Gasteiger partial charge >= 0.3 is 0 Å². The highest BCUT2D eigenvalue weighted by Gasteiger charge is 2.20. The van der Waals surface area contributed by atoms with Crippen molar-refractivity contribution in [2.75, 3.05) is 20.6 Å². The molecule has 0 aliphatic carbocycles. The summed E-state index contributed by atoms with van der Waals surface area (Å²) in [5.74, 6) is 1.85. The number of carbonyl (C=O) groups excluding carboxylic acids is 1. The second-order valence-corrected chi connectivity index (χ2v) is 6.66. The lowest BCUT2D eigenvalue weighted by Gasteiger charge is -2.22. The van der Waals surface area contributed by atoms with Crippen LogP contribution in [-0.2, 0) is 0 Å². The molecule has 0 aliphatic rings. The number of aryl methyl sites for hydroxylation is 1. The third-order valence-corrected chi connectivity index (χ3v) is 4.29. The summed E-state index contributed by atoms with van der Waals surface area (Å²) in [6.07, 6.45) is 0. The first-order valence-electron chi connectivity index (χ1n) is 8.17. The zero-order chi connectivity index (χ0) is 18.7. The van der Waals surface area contributed by atoms with Gasteiger partial charge in [-0.05, 0) is 57.4 Å². The fourth-order valence-electron chi connectivity index (χ4n) is 2.58. The lowest BCUT2D eigenvalue weighted by Crippen LogP contribution is -2.34. The summed E-state index contributed by atoms with van der Waals surface area (Å²) in [5.41, 5.74) is 1.03. The Balaban J connectivity index is 1.67. The zero-order valence-corrected chi connectivity index (χ0v) is 15.6. The molecule has 0 unspecified atom stereocenters. The van der Waals surface area contributed by atoms with Gasteiger partial charge in [-0.3, -0.25) is 9.69 Å². The maximum atomic E-state index is 12.4. The summed E-state index contributed by atoms with van der Waals surface area (Å²) in [5, 5.41) is 7.37. The molecule has 1 amide bonds. The number of hydrogen-bond donors (Lipinski definition) is 1. The normalized spacial score (nSPS) is 12.3. The van der Waals surface area contributed by atoms with Crippen molar-refractivity contribution in [3.05, 3.63) is 64.7 Å². The Kier molecular flexibility index (Phi) is 5.44. The minimum atomic E-state index is -0.302. The predicted molar refractivity (Wildman–Crippen MR) is 99.2 cm³/mol. The second-order valence-electron chi connectivity index (χ2n) is 6.22. The van der Waals surface area contributed by atoms with E-state index in [4.69, 9.17) is 20.5 Å². The van der Waals surface area contributed by atoms with E-state index in [-0.39, 0.29) is 17.6 Å². The Morgan fingerprint density at radius 3 is 2.58 bits per heavy atom. The number of amides is 1. The highest BCUT2D eigenvalue weighted by atomic mass is 35.5. The van der Waals surface area contributed by atoms with Gasteiger partial charge in [0.2, 0.25) is 0 Å². The monoisotopic (exact) mass is 373 g/mol. The fraction of sp³-hybridized carbons (Fsp3) is 0.263. The molecule has 1 aromatic carbocycles. The van der Waals surface area contributed by atoms with Gasteiger partial charge in [0, 0.05) is 23.2 Å². The van der Waals surface area contributed by atoms with Crippen LogP contribution in [0.25, 0.3) is 11.3 Å². The van der Waals surface area contributed by atoms with Gasteiger partial charge in [-0.15, -0.1) is 0 Å². The van der Waals surface area contributed by atoms with Gasteiger partial charge in [-0.25, -0.2) is 0 Å². The highest BCUT2D eigenvalue weighted by molar-refractivity contribution is 6.30. The Morgan fingerprint density at radius 2 is 1.96 bits per heavy atom. The number of furan rings is 1. The molecule has 7 heteroatoms. The Bertz CT molecular complexity index is 884. The largest absolute Gasteiger partial charge is 0.465 e. The first-order chi connectivity index (χ1) is 12.4. The third kappa shape index (κ3) is 4.15. The van der Waals surface area contributed by atoms with E-state index in [0.29, 0.717) is 17.3 Å². The van der Waals surface area contributed by atoms with Crippen LogP contribution in [0.5, 0.6) is 0 Å². The first kappa shape index (κ1) is 18.2. The lowest BCUT2D eigenvalue weighted by molar-refractivity contribution is 0.0930. The van der Waals surface area contributed by atoms with E-state index in [2.05, 4.69) is 10.5 Å². The number of nitrogens with one attached hydrogen (secondary N) is 1. The number of carbonyl (C=O) groups is 1. The topological polar surface area (TPSA) is 71.5 Å². The van der Waals surface area contributed by atoms with Crippen LogP contribution >= 0.6 is 11.6 Å². The third-order valence-electron chi connectivity index (χ3n) is 4.04. The molecule has 26 heavy (non-hydrogen) atoms. The molecule has 0 bridgehead atoms. The number of benzene rings is 1. The van der Waals surface area contributed by atoms with E-state index >= 15 is 0 Å². The lowest BCUT2D eigenvalue weighted by atomic mass is 10.1. The number of nitrogens with zero attached hydrogens (tertiary/aromatic N) is 2. The van der Waals surface area contributed by atoms with Crippen molar-refractivity contribution in [2.24, 2.45) is 0 Å². The molecular formula is C19H20ClN3O3. The van der Waals surface area contributed by atoms with Crippen LogP contribution in [0.2, 0.25) is 5.02 Å². The van der Waals surface area contributed by atoms with E-state index < -0.39 is 0 Å². The molecule has 0 saturated heterocycles. The van der Waals surface area contributed by atoms with E-state index in [1.165, 1.54) is 0 Å². The maximum Gasteiger partial charge on any atom is 0.273 e. The zero-order valence-electron chi connectivity index (χ0n) is 14.8. The molecule has 0 saturated carbocycles. The van der Waals surface area contributed by atoms with Gasteiger partial charge in [0.05, 0.1) is 6.04 Å². The van der Waals surface area contributed by atoms with Crippen LogP contribution in [-0.4, -0.2) is 36.6 Å². The number of halogens is 1. The summed E-state index contributed by atoms with van der Waals surface area (Å²) >= 11 is 5.88. The van der Waals surface area contributed by atoms with Gasteiger partial charge in [0.15, 0.2) is 11.5 Å². The molecular weight excluding hydrogens is 354 g/mol. The van der Waals surface area contributed by atoms with Gasteiger partial charge in [0.25, 0.3) is 5.91 Å². The van der Waals surface area contributed by atoms with Crippen molar-refractivity contribution in [2.45, 2.75) is 13.0 Å². The average molecular weight is 374 g/mol. The molecule has 1 atom stereocenters. The Morgan fingerprint density at radius 1 is 1.23 bits per heavy atom. The SMILES string of the molecule is Cc1ccc([C@H](CNC(=O)c2cc(-c3ccc(Cl)cc3)on2)N(C)C)o1. The van der Waals surface area contributed by atoms with E-state index in [0.717, 1.165) is 17.1 Å². The number of hydrogen-bond acceptors (Lipinski definition) is 5. The van der Waals surface area contributed by atoms with Crippen LogP contribution in [0.4, 0.5) is 0 Å². The van der Waals surface area contributed by atoms with Gasteiger partial charge < -0.3 is 14.3 Å². The molecule has 3 rings (SSSR count). The Hall–Kier alpha value is -2.57. The minimum absolute atomic E-state index is 0.0738. The summed E-state index contributed by atoms with van der Waals surface area (Å²) < 4.78 is 10.9. The van der Waals surface area contributed by atoms with Crippen molar-refractivity contribution >= 4 is 17.5 Å². The molecule has 136 valence electrons. The molecule has 2 heterocycles. The van der Waals surface area contributed by atoms with Crippen LogP contribution in [0.15, 0.2) is 51.4 Å². The van der Waals surface area contributed by atoms with Crippen molar-refractivity contribution in [3.63, 3.8) is 0 Å². The number of rotatable bonds is 6. The summed E-state index contributed by atoms with van der Waals surface area (Å²) in [6.45, 7) is 2.28. The van der Waals surface area contributed by atoms with Crippen molar-refractivity contribution in [3.8, 4) is 11.3 Å². The fourth-order valence-corrected chi connectivity index (χ4v) is 2.71. The van der Waals surface area contributed by atoms with Crippen molar-refractivity contribution in [1.29, 1.82) is 0 Å². The molecule has 3 aromatic rings. The molecule has 0 fully saturated rings. The molecule has 0 aliphatic heterocycles. The molecule has 0 radical (unpaired) electrons. The maximum absolute atomic E-state index is 12.4. The Labute approximate surface area is 156 Å². The predicted octanol–water partition coefficient (Wildman–Crippen LogP) is 3.93. The second kappa shape index (κ2) is 7.76. The highest BCUT2D eigenvalue weighted by Crippen LogP contribution is 2.23. The summed E-state index contributed by atoms with van der Waals surface area (Å²) in [6, 6.07) is 12.5. The van der Waals surface area contributed by atoms with Crippen LogP contribution in [0.1, 0.15) is 28.1 Å². The standard InChI is InChI=1S/C19H20ClN3O3/c1-12-4-9-17(25-12)16(23(2)3)11-21-19(24)15-10-18(26-22-15)13-5-7-14(20)8-6-13/h4-10,16H,11H2,1-3H3,(H,21,24)/t16-/m0/s1. The van der Waals surface area contributed by atoms with Gasteiger partial charge in [-0.2, -0.15) is 0 Å². The molecule has 6 nitrogen and oxygen atoms in total. The first-order valence-corrected chi connectivity index (χ1v) is 8.55. The summed E-state index contributed by atoms with van der Waals surface area (Å²) in [4.78, 5) is 14.4. The van der Waals surface area contributed by atoms with Gasteiger partial charge in [0.1, 0.15) is 11.5 Å². The molecule has 2 aromatic heterocycles. The minimum Gasteiger partial charge on any atom is -0.465 e. The van der Waals surface area contributed by atoms with E-state index in [1.54, 1.807) is 18.2 Å². The van der Waals surface area contributed by atoms with E-state index in [9.17, 15) is 4.79 Å². The van der Waals surface area contributed by atoms with Crippen molar-refractivity contribution in [1.82, 2.24) is 15.4 Å².